The highest BCUT2D eigenvalue weighted by atomic mass is 79.9. The van der Waals surface area contributed by atoms with Gasteiger partial charge in [-0.15, -0.1) is 11.3 Å². The summed E-state index contributed by atoms with van der Waals surface area (Å²) in [6.45, 7) is 3.86. The van der Waals surface area contributed by atoms with Gasteiger partial charge in [-0.05, 0) is 54.0 Å². The molecule has 1 aromatic carbocycles. The summed E-state index contributed by atoms with van der Waals surface area (Å²) in [5, 5.41) is 0. The van der Waals surface area contributed by atoms with Crippen LogP contribution in [-0.4, -0.2) is 5.78 Å². The third-order valence-electron chi connectivity index (χ3n) is 2.47. The Kier molecular flexibility index (Phi) is 3.45. The fourth-order valence-corrected chi connectivity index (χ4v) is 2.82. The highest BCUT2D eigenvalue weighted by Gasteiger charge is 2.15. The smallest absolute Gasteiger partial charge is 0.194 e. The fourth-order valence-electron chi connectivity index (χ4n) is 1.65. The van der Waals surface area contributed by atoms with Crippen LogP contribution in [0.25, 0.3) is 0 Å². The van der Waals surface area contributed by atoms with E-state index in [0.29, 0.717) is 15.6 Å². The van der Waals surface area contributed by atoms with Gasteiger partial charge in [-0.2, -0.15) is 0 Å². The Morgan fingerprint density at radius 2 is 2.00 bits per heavy atom. The molecule has 0 aliphatic heterocycles. The highest BCUT2D eigenvalue weighted by Crippen LogP contribution is 2.24. The number of carbonyl (C=O) groups is 1. The maximum Gasteiger partial charge on any atom is 0.194 e. The van der Waals surface area contributed by atoms with Crippen LogP contribution in [0.15, 0.2) is 28.7 Å². The molecule has 17 heavy (non-hydrogen) atoms. The number of rotatable bonds is 2. The van der Waals surface area contributed by atoms with Gasteiger partial charge in [0.05, 0.1) is 4.47 Å². The zero-order valence-corrected chi connectivity index (χ0v) is 11.8. The van der Waals surface area contributed by atoms with E-state index >= 15 is 0 Å². The first-order chi connectivity index (χ1) is 7.99. The molecule has 4 heteroatoms. The first-order valence-electron chi connectivity index (χ1n) is 5.06. The number of carbonyl (C=O) groups excluding carboxylic acids is 1. The molecule has 0 fully saturated rings. The van der Waals surface area contributed by atoms with E-state index in [4.69, 9.17) is 0 Å². The molecule has 0 N–H and O–H groups in total. The molecule has 0 atom stereocenters. The monoisotopic (exact) mass is 312 g/mol. The maximum atomic E-state index is 13.4. The van der Waals surface area contributed by atoms with Crippen molar-refractivity contribution >= 4 is 33.0 Å². The topological polar surface area (TPSA) is 17.1 Å². The molecule has 1 nitrogen and oxygen atoms in total. The Hall–Kier alpha value is -1.000. The van der Waals surface area contributed by atoms with Crippen LogP contribution < -0.4 is 0 Å². The van der Waals surface area contributed by atoms with Gasteiger partial charge < -0.3 is 0 Å². The molecule has 2 rings (SSSR count). The van der Waals surface area contributed by atoms with E-state index in [9.17, 15) is 9.18 Å². The van der Waals surface area contributed by atoms with E-state index in [0.717, 1.165) is 9.75 Å². The molecule has 0 aliphatic carbocycles. The summed E-state index contributed by atoms with van der Waals surface area (Å²) in [6.07, 6.45) is 0. The Labute approximate surface area is 111 Å². The summed E-state index contributed by atoms with van der Waals surface area (Å²) >= 11 is 4.64. The summed E-state index contributed by atoms with van der Waals surface area (Å²) in [5.74, 6) is -0.543. The highest BCUT2D eigenvalue weighted by molar-refractivity contribution is 9.10. The number of hydrogen-bond donors (Lipinski definition) is 0. The maximum absolute atomic E-state index is 13.4. The Morgan fingerprint density at radius 3 is 2.53 bits per heavy atom. The molecular weight excluding hydrogens is 303 g/mol. The molecule has 2 aromatic rings. The van der Waals surface area contributed by atoms with Gasteiger partial charge in [-0.1, -0.05) is 0 Å². The predicted molar refractivity (Wildman–Crippen MR) is 71.3 cm³/mol. The first-order valence-corrected chi connectivity index (χ1v) is 6.67. The first kappa shape index (κ1) is 12.5. The molecule has 0 bridgehead atoms. The number of benzene rings is 1. The molecule has 0 saturated carbocycles. The van der Waals surface area contributed by atoms with Gasteiger partial charge in [0.2, 0.25) is 0 Å². The zero-order valence-electron chi connectivity index (χ0n) is 9.38. The zero-order chi connectivity index (χ0) is 12.6. The average Bonchev–Trinajstić information content (AvgIpc) is 2.61. The second-order valence-electron chi connectivity index (χ2n) is 3.78. The van der Waals surface area contributed by atoms with Gasteiger partial charge in [0, 0.05) is 20.9 Å². The van der Waals surface area contributed by atoms with Crippen LogP contribution in [0.3, 0.4) is 0 Å². The van der Waals surface area contributed by atoms with Crippen LogP contribution in [0.2, 0.25) is 0 Å². The van der Waals surface area contributed by atoms with E-state index < -0.39 is 5.82 Å². The van der Waals surface area contributed by atoms with Crippen molar-refractivity contribution in [3.05, 3.63) is 55.4 Å². The lowest BCUT2D eigenvalue weighted by atomic mass is 10.0. The predicted octanol–water partition coefficient (Wildman–Crippen LogP) is 4.50. The molecule has 0 radical (unpaired) electrons. The lowest BCUT2D eigenvalue weighted by Crippen LogP contribution is -2.01. The third kappa shape index (κ3) is 2.48. The quantitative estimate of drug-likeness (QED) is 0.746. The Morgan fingerprint density at radius 1 is 1.29 bits per heavy atom. The third-order valence-corrected chi connectivity index (χ3v) is 4.08. The number of hydrogen-bond acceptors (Lipinski definition) is 2. The molecule has 0 spiro atoms. The minimum atomic E-state index is -0.416. The van der Waals surface area contributed by atoms with E-state index in [1.165, 1.54) is 6.07 Å². The van der Waals surface area contributed by atoms with Crippen LogP contribution in [0, 0.1) is 19.7 Å². The number of aryl methyl sites for hydroxylation is 2. The SMILES string of the molecule is Cc1cc(C(=O)c2ccc(Br)c(F)c2)c(C)s1. The van der Waals surface area contributed by atoms with Crippen LogP contribution in [-0.2, 0) is 0 Å². The van der Waals surface area contributed by atoms with Crippen molar-refractivity contribution < 1.29 is 9.18 Å². The number of thiophene rings is 1. The van der Waals surface area contributed by atoms with Gasteiger partial charge in [0.1, 0.15) is 5.82 Å². The molecule has 0 amide bonds. The van der Waals surface area contributed by atoms with Gasteiger partial charge in [0.15, 0.2) is 5.78 Å². The fraction of sp³-hybridized carbons (Fsp3) is 0.154. The Bertz CT molecular complexity index is 589. The van der Waals surface area contributed by atoms with Crippen LogP contribution in [0.5, 0.6) is 0 Å². The van der Waals surface area contributed by atoms with Gasteiger partial charge in [-0.25, -0.2) is 4.39 Å². The van der Waals surface area contributed by atoms with E-state index in [1.807, 2.05) is 19.9 Å². The van der Waals surface area contributed by atoms with Crippen molar-refractivity contribution in [2.75, 3.05) is 0 Å². The summed E-state index contributed by atoms with van der Waals surface area (Å²) in [4.78, 5) is 14.2. The largest absolute Gasteiger partial charge is 0.289 e. The molecule has 0 saturated heterocycles. The van der Waals surface area contributed by atoms with Crippen LogP contribution >= 0.6 is 27.3 Å². The van der Waals surface area contributed by atoms with Crippen molar-refractivity contribution in [3.8, 4) is 0 Å². The standard InChI is InChI=1S/C13H10BrFOS/c1-7-5-10(8(2)17-7)13(16)9-3-4-11(14)12(15)6-9/h3-6H,1-2H3. The number of halogens is 2. The summed E-state index contributed by atoms with van der Waals surface area (Å²) < 4.78 is 13.7. The summed E-state index contributed by atoms with van der Waals surface area (Å²) in [6, 6.07) is 6.29. The molecule has 0 unspecified atom stereocenters. The number of ketones is 1. The second kappa shape index (κ2) is 4.70. The lowest BCUT2D eigenvalue weighted by molar-refractivity contribution is 0.103. The van der Waals surface area contributed by atoms with Gasteiger partial charge >= 0.3 is 0 Å². The van der Waals surface area contributed by atoms with Crippen LogP contribution in [0.4, 0.5) is 4.39 Å². The van der Waals surface area contributed by atoms with Crippen molar-refractivity contribution in [2.45, 2.75) is 13.8 Å². The van der Waals surface area contributed by atoms with Crippen LogP contribution in [0.1, 0.15) is 25.7 Å². The normalized spacial score (nSPS) is 10.6. The second-order valence-corrected chi connectivity index (χ2v) is 6.10. The average molecular weight is 313 g/mol. The van der Waals surface area contributed by atoms with Crippen molar-refractivity contribution in [2.24, 2.45) is 0 Å². The van der Waals surface area contributed by atoms with Crippen molar-refractivity contribution in [3.63, 3.8) is 0 Å². The van der Waals surface area contributed by atoms with Crippen molar-refractivity contribution in [1.29, 1.82) is 0 Å². The summed E-state index contributed by atoms with van der Waals surface area (Å²) in [5.41, 5.74) is 1.04. The molecule has 0 aliphatic rings. The van der Waals surface area contributed by atoms with Crippen molar-refractivity contribution in [1.82, 2.24) is 0 Å². The van der Waals surface area contributed by atoms with Gasteiger partial charge in [0.25, 0.3) is 0 Å². The molecular formula is C13H10BrFOS. The lowest BCUT2D eigenvalue weighted by Gasteiger charge is -2.01. The summed E-state index contributed by atoms with van der Waals surface area (Å²) in [7, 11) is 0. The molecule has 1 aromatic heterocycles. The minimum Gasteiger partial charge on any atom is -0.289 e. The van der Waals surface area contributed by atoms with E-state index in [2.05, 4.69) is 15.9 Å². The van der Waals surface area contributed by atoms with E-state index in [1.54, 1.807) is 23.5 Å². The molecule has 1 heterocycles. The minimum absolute atomic E-state index is 0.127. The van der Waals surface area contributed by atoms with Gasteiger partial charge in [-0.3, -0.25) is 4.79 Å². The molecule has 88 valence electrons. The Balaban J connectivity index is 2.44. The van der Waals surface area contributed by atoms with E-state index in [-0.39, 0.29) is 5.78 Å².